The predicted molar refractivity (Wildman–Crippen MR) is 68.2 cm³/mol. The van der Waals surface area contributed by atoms with Gasteiger partial charge in [-0.1, -0.05) is 12.1 Å². The zero-order chi connectivity index (χ0) is 15.0. The molecule has 0 aliphatic carbocycles. The number of unbranched alkanes of at least 4 members (excludes halogenated alkanes) is 1. The van der Waals surface area contributed by atoms with Gasteiger partial charge in [0.15, 0.2) is 0 Å². The average molecular weight is 291 g/mol. The predicted octanol–water partition coefficient (Wildman–Crippen LogP) is 1.20. The van der Waals surface area contributed by atoms with E-state index in [-0.39, 0.29) is 24.8 Å². The Morgan fingerprint density at radius 2 is 1.67 bits per heavy atom. The zero-order valence-electron chi connectivity index (χ0n) is 11.1. The van der Waals surface area contributed by atoms with Crippen LogP contribution in [-0.4, -0.2) is 40.1 Å². The smallest absolute Gasteiger partial charge is 0.370 e. The summed E-state index contributed by atoms with van der Waals surface area (Å²) in [5.74, 6) is -3.30. The molecule has 0 aromatic heterocycles. The number of carboxylic acids is 1. The van der Waals surface area contributed by atoms with E-state index in [0.717, 1.165) is 0 Å². The Hall–Kier alpha value is -2.25. The summed E-state index contributed by atoms with van der Waals surface area (Å²) in [4.78, 5) is 45.1. The van der Waals surface area contributed by atoms with Crippen LogP contribution in [0.3, 0.4) is 0 Å². The van der Waals surface area contributed by atoms with Gasteiger partial charge in [0.25, 0.3) is 11.8 Å². The van der Waals surface area contributed by atoms with Crippen molar-refractivity contribution in [2.45, 2.75) is 25.0 Å². The van der Waals surface area contributed by atoms with E-state index in [1.54, 1.807) is 24.3 Å². The van der Waals surface area contributed by atoms with Gasteiger partial charge in [0.1, 0.15) is 0 Å². The summed E-state index contributed by atoms with van der Waals surface area (Å²) in [6.45, 7) is 0.252. The van der Waals surface area contributed by atoms with Gasteiger partial charge in [0.2, 0.25) is 0 Å². The van der Waals surface area contributed by atoms with Gasteiger partial charge in [-0.3, -0.25) is 14.5 Å². The molecule has 1 aromatic carbocycles. The van der Waals surface area contributed by atoms with Gasteiger partial charge in [0.05, 0.1) is 11.1 Å². The standard InChI is InChI=1S/C14H13NO6/c16-11-9-5-1-2-6-10(9)12(17)15(11)8-4-3-7-14(13(18)19)20-21-14/h1-2,5-6H,3-4,7-8H2,(H,18,19). The quantitative estimate of drug-likeness (QED) is 0.366. The first kappa shape index (κ1) is 13.7. The molecule has 0 unspecified atom stereocenters. The third-order valence-corrected chi connectivity index (χ3v) is 3.63. The van der Waals surface area contributed by atoms with Crippen molar-refractivity contribution in [1.82, 2.24) is 4.90 Å². The number of fused-ring (bicyclic) bond motifs is 1. The van der Waals surface area contributed by atoms with Crippen LogP contribution in [0.25, 0.3) is 0 Å². The Morgan fingerprint density at radius 1 is 1.10 bits per heavy atom. The van der Waals surface area contributed by atoms with E-state index in [1.165, 1.54) is 4.90 Å². The van der Waals surface area contributed by atoms with Crippen molar-refractivity contribution < 1.29 is 29.3 Å². The minimum Gasteiger partial charge on any atom is -0.477 e. The molecular formula is C14H13NO6. The number of hydrogen-bond donors (Lipinski definition) is 1. The fraction of sp³-hybridized carbons (Fsp3) is 0.357. The molecule has 0 atom stereocenters. The highest BCUT2D eigenvalue weighted by atomic mass is 17.4. The third-order valence-electron chi connectivity index (χ3n) is 3.63. The van der Waals surface area contributed by atoms with Crippen molar-refractivity contribution in [3.8, 4) is 0 Å². The molecule has 0 saturated carbocycles. The third kappa shape index (κ3) is 2.30. The van der Waals surface area contributed by atoms with Crippen molar-refractivity contribution in [2.24, 2.45) is 0 Å². The molecule has 3 rings (SSSR count). The number of carbonyl (C=O) groups excluding carboxylic acids is 2. The molecule has 1 saturated heterocycles. The highest BCUT2D eigenvalue weighted by Crippen LogP contribution is 2.35. The normalized spacial score (nSPS) is 18.8. The summed E-state index contributed by atoms with van der Waals surface area (Å²) >= 11 is 0. The first-order valence-corrected chi connectivity index (χ1v) is 6.61. The SMILES string of the molecule is O=C1c2ccccc2C(=O)N1CCCCC1(C(=O)O)OO1. The number of carbonyl (C=O) groups is 3. The zero-order valence-corrected chi connectivity index (χ0v) is 11.1. The monoisotopic (exact) mass is 291 g/mol. The van der Waals surface area contributed by atoms with Crippen LogP contribution in [0.1, 0.15) is 40.0 Å². The molecule has 2 amide bonds. The average Bonchev–Trinajstić information content (AvgIpc) is 3.23. The molecule has 21 heavy (non-hydrogen) atoms. The van der Waals surface area contributed by atoms with Crippen molar-refractivity contribution in [1.29, 1.82) is 0 Å². The number of rotatable bonds is 6. The maximum Gasteiger partial charge on any atom is 0.370 e. The molecule has 2 aliphatic heterocycles. The van der Waals surface area contributed by atoms with Gasteiger partial charge in [-0.2, -0.15) is 9.78 Å². The van der Waals surface area contributed by atoms with Crippen LogP contribution in [0.15, 0.2) is 24.3 Å². The number of nitrogens with zero attached hydrogens (tertiary/aromatic N) is 1. The molecule has 0 radical (unpaired) electrons. The lowest BCUT2D eigenvalue weighted by Gasteiger charge is -2.13. The number of amides is 2. The van der Waals surface area contributed by atoms with Gasteiger partial charge in [-0.25, -0.2) is 4.79 Å². The van der Waals surface area contributed by atoms with Gasteiger partial charge in [-0.05, 0) is 25.0 Å². The minimum atomic E-state index is -1.53. The maximum absolute atomic E-state index is 12.1. The fourth-order valence-corrected chi connectivity index (χ4v) is 2.38. The summed E-state index contributed by atoms with van der Waals surface area (Å²) in [6, 6.07) is 6.68. The van der Waals surface area contributed by atoms with E-state index in [4.69, 9.17) is 5.11 Å². The van der Waals surface area contributed by atoms with Gasteiger partial charge >= 0.3 is 11.8 Å². The first-order valence-electron chi connectivity index (χ1n) is 6.61. The molecule has 2 aliphatic rings. The maximum atomic E-state index is 12.1. The van der Waals surface area contributed by atoms with Gasteiger partial charge in [0, 0.05) is 13.0 Å². The van der Waals surface area contributed by atoms with Crippen LogP contribution < -0.4 is 0 Å². The van der Waals surface area contributed by atoms with E-state index in [1.807, 2.05) is 0 Å². The van der Waals surface area contributed by atoms with E-state index in [9.17, 15) is 14.4 Å². The molecule has 110 valence electrons. The van der Waals surface area contributed by atoms with Gasteiger partial charge in [-0.15, -0.1) is 0 Å². The molecule has 1 aromatic rings. The van der Waals surface area contributed by atoms with Crippen molar-refractivity contribution in [3.05, 3.63) is 35.4 Å². The summed E-state index contributed by atoms with van der Waals surface area (Å²) < 4.78 is 0. The highest BCUT2D eigenvalue weighted by Gasteiger charge is 2.56. The largest absolute Gasteiger partial charge is 0.477 e. The minimum absolute atomic E-state index is 0.186. The highest BCUT2D eigenvalue weighted by molar-refractivity contribution is 6.21. The fourth-order valence-electron chi connectivity index (χ4n) is 2.38. The molecular weight excluding hydrogens is 278 g/mol. The molecule has 7 nitrogen and oxygen atoms in total. The van der Waals surface area contributed by atoms with Crippen LogP contribution in [0.5, 0.6) is 0 Å². The van der Waals surface area contributed by atoms with Crippen LogP contribution in [-0.2, 0) is 14.6 Å². The molecule has 1 N–H and O–H groups in total. The second-order valence-corrected chi connectivity index (χ2v) is 4.99. The second-order valence-electron chi connectivity index (χ2n) is 4.99. The Labute approximate surface area is 120 Å². The molecule has 0 spiro atoms. The van der Waals surface area contributed by atoms with Gasteiger partial charge < -0.3 is 5.11 Å². The van der Waals surface area contributed by atoms with Crippen LogP contribution in [0.4, 0.5) is 0 Å². The lowest BCUT2D eigenvalue weighted by Crippen LogP contribution is -2.31. The number of aliphatic carboxylic acids is 1. The number of imide groups is 1. The van der Waals surface area contributed by atoms with E-state index < -0.39 is 11.8 Å². The van der Waals surface area contributed by atoms with Crippen molar-refractivity contribution in [2.75, 3.05) is 6.54 Å². The summed E-state index contributed by atoms with van der Waals surface area (Å²) in [5, 5.41) is 8.85. The van der Waals surface area contributed by atoms with Crippen LogP contribution in [0.2, 0.25) is 0 Å². The lowest BCUT2D eigenvalue weighted by atomic mass is 10.1. The van der Waals surface area contributed by atoms with Crippen LogP contribution in [0, 0.1) is 0 Å². The Balaban J connectivity index is 1.54. The van der Waals surface area contributed by atoms with Crippen LogP contribution >= 0.6 is 0 Å². The lowest BCUT2D eigenvalue weighted by molar-refractivity contribution is -0.144. The van der Waals surface area contributed by atoms with E-state index >= 15 is 0 Å². The van der Waals surface area contributed by atoms with E-state index in [2.05, 4.69) is 9.78 Å². The number of hydrogen-bond acceptors (Lipinski definition) is 5. The Kier molecular flexibility index (Phi) is 3.23. The first-order chi connectivity index (χ1) is 10.1. The Bertz CT molecular complexity index is 587. The Morgan fingerprint density at radius 3 is 2.14 bits per heavy atom. The van der Waals surface area contributed by atoms with Crippen molar-refractivity contribution >= 4 is 17.8 Å². The molecule has 7 heteroatoms. The molecule has 2 heterocycles. The molecule has 0 bridgehead atoms. The molecule has 1 fully saturated rings. The number of carboxylic acid groups (broad SMARTS) is 1. The summed E-state index contributed by atoms with van der Waals surface area (Å²) in [5.41, 5.74) is 0.830. The summed E-state index contributed by atoms with van der Waals surface area (Å²) in [6.07, 6.45) is 1.15. The topological polar surface area (TPSA) is 99.7 Å². The summed E-state index contributed by atoms with van der Waals surface area (Å²) in [7, 11) is 0. The van der Waals surface area contributed by atoms with Crippen molar-refractivity contribution in [3.63, 3.8) is 0 Å². The number of benzene rings is 1. The second kappa shape index (κ2) is 4.94. The van der Waals surface area contributed by atoms with E-state index in [0.29, 0.717) is 24.0 Å².